The lowest BCUT2D eigenvalue weighted by Crippen LogP contribution is -2.29. The Morgan fingerprint density at radius 3 is 2.15 bits per heavy atom. The first-order valence-electron chi connectivity index (χ1n) is 8.86. The number of hydrogen-bond donors (Lipinski definition) is 2. The van der Waals surface area contributed by atoms with E-state index < -0.39 is 5.82 Å². The smallest absolute Gasteiger partial charge is 0.253 e. The van der Waals surface area contributed by atoms with Gasteiger partial charge in [-0.2, -0.15) is 0 Å². The van der Waals surface area contributed by atoms with Crippen LogP contribution < -0.4 is 0 Å². The lowest BCUT2D eigenvalue weighted by Gasteiger charge is -2.16. The van der Waals surface area contributed by atoms with Gasteiger partial charge < -0.3 is 15.1 Å². The predicted molar refractivity (Wildman–Crippen MR) is 98.9 cm³/mol. The molecule has 5 nitrogen and oxygen atoms in total. The van der Waals surface area contributed by atoms with Crippen molar-refractivity contribution in [3.63, 3.8) is 0 Å². The third-order valence-electron chi connectivity index (χ3n) is 5.14. The van der Waals surface area contributed by atoms with Crippen molar-refractivity contribution in [3.05, 3.63) is 59.4 Å². The summed E-state index contributed by atoms with van der Waals surface area (Å²) in [5, 5.41) is 18.8. The van der Waals surface area contributed by atoms with Crippen LogP contribution in [-0.2, 0) is 0 Å². The molecule has 2 N–H and O–H groups in total. The van der Waals surface area contributed by atoms with Crippen molar-refractivity contribution in [2.24, 2.45) is 11.8 Å². The normalized spacial score (nSPS) is 19.3. The van der Waals surface area contributed by atoms with Crippen LogP contribution >= 0.6 is 0 Å². The summed E-state index contributed by atoms with van der Waals surface area (Å²) in [6.45, 7) is 2.10. The molecule has 6 heteroatoms. The average Bonchev–Trinajstić information content (AvgIpc) is 3.10. The summed E-state index contributed by atoms with van der Waals surface area (Å²) in [5.74, 6) is -1.01. The molecule has 1 aliphatic heterocycles. The van der Waals surface area contributed by atoms with Crippen LogP contribution in [0.2, 0.25) is 0 Å². The van der Waals surface area contributed by atoms with Crippen molar-refractivity contribution in [2.45, 2.75) is 6.92 Å². The van der Waals surface area contributed by atoms with Crippen LogP contribution in [0.15, 0.2) is 42.5 Å². The van der Waals surface area contributed by atoms with Gasteiger partial charge in [-0.25, -0.2) is 4.39 Å². The molecule has 0 bridgehead atoms. The molecule has 2 atom stereocenters. The van der Waals surface area contributed by atoms with E-state index in [1.165, 1.54) is 25.1 Å². The summed E-state index contributed by atoms with van der Waals surface area (Å²) in [7, 11) is 0. The number of carbonyl (C=O) groups excluding carboxylic acids is 2. The van der Waals surface area contributed by atoms with Gasteiger partial charge in [-0.1, -0.05) is 12.1 Å². The molecule has 0 aliphatic carbocycles. The minimum Gasteiger partial charge on any atom is -0.396 e. The Kier molecular flexibility index (Phi) is 5.68. The summed E-state index contributed by atoms with van der Waals surface area (Å²) >= 11 is 0. The van der Waals surface area contributed by atoms with E-state index in [4.69, 9.17) is 0 Å². The van der Waals surface area contributed by atoms with Crippen LogP contribution in [0.1, 0.15) is 27.6 Å². The van der Waals surface area contributed by atoms with Gasteiger partial charge >= 0.3 is 0 Å². The van der Waals surface area contributed by atoms with Crippen molar-refractivity contribution < 1.29 is 24.2 Å². The maximum absolute atomic E-state index is 13.6. The van der Waals surface area contributed by atoms with E-state index in [1.54, 1.807) is 29.2 Å². The molecule has 2 aromatic carbocycles. The van der Waals surface area contributed by atoms with Gasteiger partial charge in [-0.15, -0.1) is 0 Å². The number of halogens is 1. The predicted octanol–water partition coefficient (Wildman–Crippen LogP) is 2.37. The van der Waals surface area contributed by atoms with Gasteiger partial charge in [-0.05, 0) is 48.4 Å². The number of Topliss-reactive ketones (excluding diaryl/α,β-unsaturated/α-hetero) is 1. The average molecular weight is 371 g/mol. The Morgan fingerprint density at radius 2 is 1.63 bits per heavy atom. The minimum atomic E-state index is -0.433. The third kappa shape index (κ3) is 3.91. The minimum absolute atomic E-state index is 0.0681. The highest BCUT2D eigenvalue weighted by molar-refractivity contribution is 6.01. The fourth-order valence-corrected chi connectivity index (χ4v) is 3.56. The van der Waals surface area contributed by atoms with Gasteiger partial charge in [-0.3, -0.25) is 9.59 Å². The first kappa shape index (κ1) is 19.2. The summed E-state index contributed by atoms with van der Waals surface area (Å²) in [6, 6.07) is 10.7. The summed E-state index contributed by atoms with van der Waals surface area (Å²) in [6.07, 6.45) is 0. The Balaban J connectivity index is 1.83. The number of amides is 1. The number of ketones is 1. The van der Waals surface area contributed by atoms with Crippen LogP contribution in [0.3, 0.4) is 0 Å². The van der Waals surface area contributed by atoms with E-state index in [0.717, 1.165) is 0 Å². The van der Waals surface area contributed by atoms with Crippen molar-refractivity contribution in [3.8, 4) is 11.1 Å². The molecule has 0 spiro atoms. The number of aliphatic hydroxyl groups is 2. The van der Waals surface area contributed by atoms with Gasteiger partial charge in [0, 0.05) is 49.3 Å². The molecular weight excluding hydrogens is 349 g/mol. The molecule has 1 saturated heterocycles. The number of likely N-dealkylation sites (tertiary alicyclic amines) is 1. The quantitative estimate of drug-likeness (QED) is 0.791. The Labute approximate surface area is 157 Å². The number of nitrogens with zero attached hydrogens (tertiary/aromatic N) is 1. The standard InChI is InChI=1S/C21H22FNO4/c1-13(26)19-7-6-18(22)8-20(19)14-2-4-15(5-3-14)21(27)23-9-16(11-24)17(10-23)12-25/h2-8,16-17,24-25H,9-12H2,1H3/t16-,17-/m0/s1. The number of carbonyl (C=O) groups is 2. The molecule has 2 aromatic rings. The second kappa shape index (κ2) is 7.98. The molecule has 0 unspecified atom stereocenters. The van der Waals surface area contributed by atoms with Crippen LogP contribution in [-0.4, -0.2) is 53.1 Å². The molecule has 1 fully saturated rings. The maximum atomic E-state index is 13.6. The third-order valence-corrected chi connectivity index (χ3v) is 5.14. The molecule has 27 heavy (non-hydrogen) atoms. The molecule has 1 amide bonds. The second-order valence-electron chi connectivity index (χ2n) is 6.92. The first-order valence-corrected chi connectivity index (χ1v) is 8.86. The molecule has 0 radical (unpaired) electrons. The van der Waals surface area contributed by atoms with Crippen LogP contribution in [0.4, 0.5) is 4.39 Å². The van der Waals surface area contributed by atoms with E-state index in [9.17, 15) is 24.2 Å². The molecule has 0 saturated carbocycles. The first-order chi connectivity index (χ1) is 12.9. The zero-order chi connectivity index (χ0) is 19.6. The monoisotopic (exact) mass is 371 g/mol. The van der Waals surface area contributed by atoms with Crippen molar-refractivity contribution in [2.75, 3.05) is 26.3 Å². The topological polar surface area (TPSA) is 77.8 Å². The lowest BCUT2D eigenvalue weighted by molar-refractivity contribution is 0.0778. The Morgan fingerprint density at radius 1 is 1.04 bits per heavy atom. The summed E-state index contributed by atoms with van der Waals surface area (Å²) in [5.41, 5.74) is 2.03. The van der Waals surface area contributed by atoms with Gasteiger partial charge in [0.1, 0.15) is 5.82 Å². The van der Waals surface area contributed by atoms with Crippen LogP contribution in [0, 0.1) is 17.7 Å². The van der Waals surface area contributed by atoms with E-state index in [1.807, 2.05) is 0 Å². The molecule has 1 heterocycles. The largest absolute Gasteiger partial charge is 0.396 e. The van der Waals surface area contributed by atoms with Crippen molar-refractivity contribution >= 4 is 11.7 Å². The van der Waals surface area contributed by atoms with Crippen LogP contribution in [0.5, 0.6) is 0 Å². The molecule has 3 rings (SSSR count). The number of aliphatic hydroxyl groups excluding tert-OH is 2. The highest BCUT2D eigenvalue weighted by Gasteiger charge is 2.34. The highest BCUT2D eigenvalue weighted by Crippen LogP contribution is 2.28. The zero-order valence-corrected chi connectivity index (χ0v) is 15.1. The maximum Gasteiger partial charge on any atom is 0.253 e. The zero-order valence-electron chi connectivity index (χ0n) is 15.1. The molecule has 1 aliphatic rings. The fraction of sp³-hybridized carbons (Fsp3) is 0.333. The van der Waals surface area contributed by atoms with Gasteiger partial charge in [0.15, 0.2) is 5.78 Å². The summed E-state index contributed by atoms with van der Waals surface area (Å²) in [4.78, 5) is 26.1. The van der Waals surface area contributed by atoms with E-state index in [0.29, 0.717) is 35.3 Å². The number of rotatable bonds is 5. The Hall–Kier alpha value is -2.57. The number of benzene rings is 2. The number of hydrogen-bond acceptors (Lipinski definition) is 4. The van der Waals surface area contributed by atoms with Gasteiger partial charge in [0.2, 0.25) is 0 Å². The molecule has 142 valence electrons. The van der Waals surface area contributed by atoms with Gasteiger partial charge in [0.25, 0.3) is 5.91 Å². The SMILES string of the molecule is CC(=O)c1ccc(F)cc1-c1ccc(C(=O)N2C[C@@H](CO)[C@H](CO)C2)cc1. The molecular formula is C21H22FNO4. The molecule has 0 aromatic heterocycles. The fourth-order valence-electron chi connectivity index (χ4n) is 3.56. The van der Waals surface area contributed by atoms with Crippen molar-refractivity contribution in [1.29, 1.82) is 0 Å². The van der Waals surface area contributed by atoms with E-state index >= 15 is 0 Å². The lowest BCUT2D eigenvalue weighted by atomic mass is 9.96. The van der Waals surface area contributed by atoms with Crippen LogP contribution in [0.25, 0.3) is 11.1 Å². The van der Waals surface area contributed by atoms with Crippen molar-refractivity contribution in [1.82, 2.24) is 4.90 Å². The highest BCUT2D eigenvalue weighted by atomic mass is 19.1. The van der Waals surface area contributed by atoms with Gasteiger partial charge in [0.05, 0.1) is 0 Å². The second-order valence-corrected chi connectivity index (χ2v) is 6.92. The summed E-state index contributed by atoms with van der Waals surface area (Å²) < 4.78 is 13.6. The Bertz CT molecular complexity index is 838. The van der Waals surface area contributed by atoms with E-state index in [2.05, 4.69) is 0 Å². The van der Waals surface area contributed by atoms with E-state index in [-0.39, 0.29) is 36.7 Å².